The fourth-order valence-electron chi connectivity index (χ4n) is 1.38. The summed E-state index contributed by atoms with van der Waals surface area (Å²) in [6, 6.07) is 3.33. The molecule has 0 aliphatic carbocycles. The van der Waals surface area contributed by atoms with Gasteiger partial charge in [0, 0.05) is 6.42 Å². The van der Waals surface area contributed by atoms with Crippen molar-refractivity contribution in [2.24, 2.45) is 0 Å². The average molecular weight is 226 g/mol. The molecule has 0 fully saturated rings. The Hall–Kier alpha value is -1.65. The third-order valence-electron chi connectivity index (χ3n) is 2.19. The molecule has 0 aliphatic rings. The summed E-state index contributed by atoms with van der Waals surface area (Å²) in [7, 11) is 1.30. The van der Waals surface area contributed by atoms with Crippen LogP contribution in [0, 0.1) is 4.91 Å². The van der Waals surface area contributed by atoms with Gasteiger partial charge in [0.2, 0.25) is 6.21 Å². The number of hydrogen-bond acceptors (Lipinski definition) is 3. The summed E-state index contributed by atoms with van der Waals surface area (Å²) < 4.78 is 7.44. The molecule has 0 aliphatic heterocycles. The van der Waals surface area contributed by atoms with E-state index in [4.69, 9.17) is 4.42 Å². The summed E-state index contributed by atoms with van der Waals surface area (Å²) in [5.41, 5.74) is 0. The van der Waals surface area contributed by atoms with Crippen LogP contribution < -0.4 is 0 Å². The minimum atomic E-state index is 0.154. The Bertz CT molecular complexity index is 382. The predicted octanol–water partition coefficient (Wildman–Crippen LogP) is 2.11. The van der Waals surface area contributed by atoms with Crippen LogP contribution in [-0.4, -0.2) is 35.9 Å². The molecule has 1 aromatic rings. The zero-order valence-electron chi connectivity index (χ0n) is 9.97. The predicted molar refractivity (Wildman–Crippen MR) is 60.1 cm³/mol. The zero-order valence-corrected chi connectivity index (χ0v) is 9.97. The van der Waals surface area contributed by atoms with E-state index in [-0.39, 0.29) is 5.88 Å². The highest BCUT2D eigenvalue weighted by molar-refractivity contribution is 5.71. The van der Waals surface area contributed by atoms with Crippen LogP contribution in [0.1, 0.15) is 26.0 Å². The van der Waals surface area contributed by atoms with Crippen LogP contribution >= 0.6 is 0 Å². The van der Waals surface area contributed by atoms with Gasteiger partial charge in [-0.05, 0) is 13.0 Å². The minimum Gasteiger partial charge on any atom is -0.392 e. The summed E-state index contributed by atoms with van der Waals surface area (Å²) >= 11 is 0. The first-order valence-corrected chi connectivity index (χ1v) is 5.41. The number of rotatable bonds is 6. The first kappa shape index (κ1) is 12.4. The number of nitrogens with zero attached hydrogens (tertiary/aromatic N) is 2. The molecule has 0 aromatic carbocycles. The monoisotopic (exact) mass is 226 g/mol. The molecule has 1 heterocycles. The van der Waals surface area contributed by atoms with Crippen LogP contribution in [-0.2, 0) is 4.84 Å². The quantitative estimate of drug-likeness (QED) is 0.424. The van der Waals surface area contributed by atoms with Crippen molar-refractivity contribution in [3.8, 4) is 0 Å². The Morgan fingerprint density at radius 3 is 2.75 bits per heavy atom. The van der Waals surface area contributed by atoms with Gasteiger partial charge in [-0.3, -0.25) is 0 Å². The molecular weight excluding hydrogens is 208 g/mol. The number of hydrogen-bond donors (Lipinski definition) is 0. The van der Waals surface area contributed by atoms with Gasteiger partial charge in [0.1, 0.15) is 13.1 Å². The van der Waals surface area contributed by atoms with Crippen molar-refractivity contribution in [3.63, 3.8) is 0 Å². The Balaban J connectivity index is 2.81. The molecule has 5 heteroatoms. The van der Waals surface area contributed by atoms with E-state index in [0.29, 0.717) is 10.7 Å². The van der Waals surface area contributed by atoms with Gasteiger partial charge in [-0.15, -0.1) is 0 Å². The van der Waals surface area contributed by atoms with Crippen LogP contribution in [0.4, 0.5) is 5.88 Å². The molecule has 0 saturated heterocycles. The second-order valence-electron chi connectivity index (χ2n) is 3.37. The van der Waals surface area contributed by atoms with E-state index < -0.39 is 0 Å². The standard InChI is InChI=1S/C11H18N2O3/c1-4-8-12(5-2)9-10-6-7-11(16-10)13(14)15-3/h6-7,9H,4-5,8H2,1-3H3/q+2. The van der Waals surface area contributed by atoms with Gasteiger partial charge in [0.15, 0.2) is 12.9 Å². The van der Waals surface area contributed by atoms with Crippen LogP contribution in [0.5, 0.6) is 0 Å². The third-order valence-corrected chi connectivity index (χ3v) is 2.19. The van der Waals surface area contributed by atoms with Crippen molar-refractivity contribution >= 4 is 12.1 Å². The van der Waals surface area contributed by atoms with Gasteiger partial charge < -0.3 is 4.42 Å². The van der Waals surface area contributed by atoms with Crippen LogP contribution in [0.3, 0.4) is 0 Å². The molecule has 0 spiro atoms. The highest BCUT2D eigenvalue weighted by Gasteiger charge is 2.20. The SMILES string of the molecule is CCC[N+](=Cc1ccc([N+](=O)OC)o1)CC. The summed E-state index contributed by atoms with van der Waals surface area (Å²) in [6.07, 6.45) is 2.97. The molecule has 0 amide bonds. The number of furan rings is 1. The maximum Gasteiger partial charge on any atom is 0.480 e. The van der Waals surface area contributed by atoms with Crippen molar-refractivity contribution in [3.05, 3.63) is 22.8 Å². The molecule has 0 N–H and O–H groups in total. The lowest BCUT2D eigenvalue weighted by atomic mass is 10.4. The highest BCUT2D eigenvalue weighted by atomic mass is 16.8. The normalized spacial score (nSPS) is 11.6. The third kappa shape index (κ3) is 3.18. The van der Waals surface area contributed by atoms with E-state index in [1.54, 1.807) is 12.1 Å². The molecule has 0 unspecified atom stereocenters. The van der Waals surface area contributed by atoms with E-state index >= 15 is 0 Å². The van der Waals surface area contributed by atoms with E-state index in [2.05, 4.69) is 23.3 Å². The molecular formula is C11H18N2O3+2. The Morgan fingerprint density at radius 2 is 2.19 bits per heavy atom. The highest BCUT2D eigenvalue weighted by Crippen LogP contribution is 2.14. The van der Waals surface area contributed by atoms with Gasteiger partial charge in [-0.2, -0.15) is 0 Å². The van der Waals surface area contributed by atoms with Crippen molar-refractivity contribution in [1.29, 1.82) is 0 Å². The lowest BCUT2D eigenvalue weighted by Gasteiger charge is -1.95. The summed E-state index contributed by atoms with van der Waals surface area (Å²) in [5.74, 6) is 0.810. The Labute approximate surface area is 94.9 Å². The van der Waals surface area contributed by atoms with Gasteiger partial charge in [-0.25, -0.2) is 9.41 Å². The molecule has 16 heavy (non-hydrogen) atoms. The van der Waals surface area contributed by atoms with Crippen LogP contribution in [0.25, 0.3) is 0 Å². The molecule has 0 bridgehead atoms. The maximum absolute atomic E-state index is 11.1. The first-order chi connectivity index (χ1) is 7.71. The van der Waals surface area contributed by atoms with Crippen molar-refractivity contribution in [1.82, 2.24) is 0 Å². The molecule has 0 radical (unpaired) electrons. The molecule has 1 rings (SSSR count). The average Bonchev–Trinajstić information content (AvgIpc) is 2.76. The lowest BCUT2D eigenvalue weighted by Crippen LogP contribution is -2.13. The van der Waals surface area contributed by atoms with Crippen LogP contribution in [0.2, 0.25) is 0 Å². The van der Waals surface area contributed by atoms with Gasteiger partial charge in [0.05, 0.1) is 11.0 Å². The van der Waals surface area contributed by atoms with Gasteiger partial charge in [0.25, 0.3) is 4.92 Å². The van der Waals surface area contributed by atoms with Crippen molar-refractivity contribution in [2.75, 3.05) is 20.2 Å². The molecule has 0 atom stereocenters. The fraction of sp³-hybridized carbons (Fsp3) is 0.545. The van der Waals surface area contributed by atoms with E-state index in [1.807, 2.05) is 6.21 Å². The van der Waals surface area contributed by atoms with Crippen molar-refractivity contribution in [2.45, 2.75) is 20.3 Å². The second-order valence-corrected chi connectivity index (χ2v) is 3.37. The topological polar surface area (TPSA) is 45.5 Å². The van der Waals surface area contributed by atoms with E-state index in [1.165, 1.54) is 7.11 Å². The summed E-state index contributed by atoms with van der Waals surface area (Å²) in [4.78, 5) is 15.9. The molecule has 1 aromatic heterocycles. The maximum atomic E-state index is 11.1. The van der Waals surface area contributed by atoms with E-state index in [9.17, 15) is 4.91 Å². The smallest absolute Gasteiger partial charge is 0.392 e. The minimum absolute atomic E-state index is 0.154. The molecule has 0 saturated carbocycles. The zero-order chi connectivity index (χ0) is 12.0. The van der Waals surface area contributed by atoms with Gasteiger partial charge in [-0.1, -0.05) is 6.92 Å². The largest absolute Gasteiger partial charge is 0.480 e. The Morgan fingerprint density at radius 1 is 1.44 bits per heavy atom. The van der Waals surface area contributed by atoms with E-state index in [0.717, 1.165) is 19.5 Å². The van der Waals surface area contributed by atoms with Crippen molar-refractivity contribution < 1.29 is 18.8 Å². The first-order valence-electron chi connectivity index (χ1n) is 5.41. The van der Waals surface area contributed by atoms with Gasteiger partial charge >= 0.3 is 5.88 Å². The molecule has 5 nitrogen and oxygen atoms in total. The lowest BCUT2D eigenvalue weighted by molar-refractivity contribution is -0.744. The summed E-state index contributed by atoms with van der Waals surface area (Å²) in [6.45, 7) is 6.08. The van der Waals surface area contributed by atoms with Crippen LogP contribution in [0.15, 0.2) is 16.5 Å². The fourth-order valence-corrected chi connectivity index (χ4v) is 1.38. The molecule has 88 valence electrons. The Kier molecular flexibility index (Phi) is 4.69. The second kappa shape index (κ2) is 6.05. The summed E-state index contributed by atoms with van der Waals surface area (Å²) in [5, 5.41) is 0.